The average molecular weight is 414 g/mol. The molecule has 0 saturated heterocycles. The molecular formula is C19H24F2N2O4S. The lowest BCUT2D eigenvalue weighted by molar-refractivity contribution is -0.0660. The number of benzene rings is 1. The summed E-state index contributed by atoms with van der Waals surface area (Å²) in [5.41, 5.74) is 1.55. The van der Waals surface area contributed by atoms with Crippen LogP contribution in [-0.4, -0.2) is 37.9 Å². The second kappa shape index (κ2) is 8.16. The van der Waals surface area contributed by atoms with E-state index in [9.17, 15) is 17.2 Å². The molecule has 1 fully saturated rings. The zero-order chi connectivity index (χ0) is 20.4. The minimum atomic E-state index is -3.47. The van der Waals surface area contributed by atoms with Crippen LogP contribution in [0, 0.1) is 12.8 Å². The second-order valence-corrected chi connectivity index (χ2v) is 9.19. The first-order chi connectivity index (χ1) is 13.2. The third kappa shape index (κ3) is 5.29. The zero-order valence-corrected chi connectivity index (χ0v) is 16.6. The molecule has 0 unspecified atom stereocenters. The summed E-state index contributed by atoms with van der Waals surface area (Å²) in [6.45, 7) is 3.33. The number of hydrogen-bond donors (Lipinski definition) is 1. The van der Waals surface area contributed by atoms with Gasteiger partial charge in [-0.25, -0.2) is 21.9 Å². The number of nitrogens with one attached hydrogen (secondary N) is 1. The van der Waals surface area contributed by atoms with Crippen molar-refractivity contribution in [2.24, 2.45) is 5.92 Å². The predicted octanol–water partition coefficient (Wildman–Crippen LogP) is 3.77. The molecule has 1 aliphatic rings. The highest BCUT2D eigenvalue weighted by atomic mass is 32.2. The quantitative estimate of drug-likeness (QED) is 0.746. The van der Waals surface area contributed by atoms with Gasteiger partial charge in [-0.1, -0.05) is 5.16 Å². The lowest BCUT2D eigenvalue weighted by Crippen LogP contribution is -2.48. The normalized spacial score (nSPS) is 22.1. The number of ether oxygens (including phenoxy) is 1. The lowest BCUT2D eigenvalue weighted by atomic mass is 9.83. The number of hydrogen-bond acceptors (Lipinski definition) is 5. The van der Waals surface area contributed by atoms with Crippen molar-refractivity contribution in [3.05, 3.63) is 36.1 Å². The van der Waals surface area contributed by atoms with E-state index in [0.717, 1.165) is 5.56 Å². The van der Waals surface area contributed by atoms with Crippen LogP contribution < -0.4 is 9.46 Å². The Hall–Kier alpha value is -2.00. The summed E-state index contributed by atoms with van der Waals surface area (Å²) in [5.74, 6) is -2.28. The molecule has 1 aliphatic carbocycles. The van der Waals surface area contributed by atoms with Crippen LogP contribution in [0.25, 0.3) is 11.3 Å². The van der Waals surface area contributed by atoms with Crippen LogP contribution in [0.3, 0.4) is 0 Å². The summed E-state index contributed by atoms with van der Waals surface area (Å²) < 4.78 is 64.8. The van der Waals surface area contributed by atoms with E-state index in [4.69, 9.17) is 9.26 Å². The Morgan fingerprint density at radius 3 is 2.64 bits per heavy atom. The van der Waals surface area contributed by atoms with E-state index in [2.05, 4.69) is 9.88 Å². The van der Waals surface area contributed by atoms with Crippen LogP contribution in [-0.2, 0) is 10.0 Å². The fourth-order valence-electron chi connectivity index (χ4n) is 3.30. The van der Waals surface area contributed by atoms with Crippen LogP contribution >= 0.6 is 0 Å². The van der Waals surface area contributed by atoms with Crippen molar-refractivity contribution in [1.82, 2.24) is 9.88 Å². The van der Waals surface area contributed by atoms with Crippen molar-refractivity contribution in [3.63, 3.8) is 0 Å². The first-order valence-electron chi connectivity index (χ1n) is 9.22. The maximum absolute atomic E-state index is 13.9. The Labute approximate surface area is 163 Å². The molecule has 3 rings (SSSR count). The lowest BCUT2D eigenvalue weighted by Gasteiger charge is -2.36. The molecule has 0 aliphatic heterocycles. The van der Waals surface area contributed by atoms with Crippen molar-refractivity contribution >= 4 is 10.0 Å². The van der Waals surface area contributed by atoms with Crippen molar-refractivity contribution < 1.29 is 26.5 Å². The molecule has 2 atom stereocenters. The summed E-state index contributed by atoms with van der Waals surface area (Å²) in [4.78, 5) is 0. The van der Waals surface area contributed by atoms with Gasteiger partial charge in [-0.2, -0.15) is 0 Å². The minimum Gasteiger partial charge on any atom is -0.493 e. The molecule has 0 radical (unpaired) electrons. The smallest absolute Gasteiger partial charge is 0.248 e. The second-order valence-electron chi connectivity index (χ2n) is 7.14. The Balaban J connectivity index is 1.66. The summed E-state index contributed by atoms with van der Waals surface area (Å²) >= 11 is 0. The zero-order valence-electron chi connectivity index (χ0n) is 15.8. The van der Waals surface area contributed by atoms with Crippen LogP contribution in [0.2, 0.25) is 0 Å². The fourth-order valence-corrected chi connectivity index (χ4v) is 4.24. The molecule has 0 spiro atoms. The van der Waals surface area contributed by atoms with Gasteiger partial charge in [-0.3, -0.25) is 0 Å². The molecular weight excluding hydrogens is 390 g/mol. The molecule has 28 heavy (non-hydrogen) atoms. The summed E-state index contributed by atoms with van der Waals surface area (Å²) in [5, 5.41) is 3.94. The van der Waals surface area contributed by atoms with Crippen LogP contribution in [0.15, 0.2) is 34.9 Å². The van der Waals surface area contributed by atoms with E-state index >= 15 is 0 Å². The van der Waals surface area contributed by atoms with Gasteiger partial charge in [-0.05, 0) is 44.5 Å². The SMILES string of the molecule is CCS(=O)(=O)N[C@H]1CCC(F)(F)C[C@H]1COc1ccc(-c2cc(C)on2)cc1. The van der Waals surface area contributed by atoms with Crippen molar-refractivity contribution in [2.45, 2.75) is 45.1 Å². The molecule has 0 amide bonds. The van der Waals surface area contributed by atoms with Gasteiger partial charge in [0.1, 0.15) is 17.2 Å². The molecule has 154 valence electrons. The summed E-state index contributed by atoms with van der Waals surface area (Å²) in [6, 6.07) is 8.32. The Bertz CT molecular complexity index is 897. The Morgan fingerprint density at radius 1 is 1.32 bits per heavy atom. The average Bonchev–Trinajstić information content (AvgIpc) is 3.08. The third-order valence-electron chi connectivity index (χ3n) is 4.90. The summed E-state index contributed by atoms with van der Waals surface area (Å²) in [6.07, 6.45) is -0.642. The van der Waals surface area contributed by atoms with E-state index in [1.54, 1.807) is 31.2 Å². The van der Waals surface area contributed by atoms with Crippen molar-refractivity contribution in [3.8, 4) is 17.0 Å². The monoisotopic (exact) mass is 414 g/mol. The van der Waals surface area contributed by atoms with Gasteiger partial charge in [0.2, 0.25) is 15.9 Å². The predicted molar refractivity (Wildman–Crippen MR) is 101 cm³/mol. The molecule has 9 heteroatoms. The van der Waals surface area contributed by atoms with E-state index in [-0.39, 0.29) is 25.2 Å². The molecule has 1 saturated carbocycles. The van der Waals surface area contributed by atoms with Gasteiger partial charge in [0.05, 0.1) is 12.4 Å². The topological polar surface area (TPSA) is 81.4 Å². The Kier molecular flexibility index (Phi) is 6.04. The van der Waals surface area contributed by atoms with Gasteiger partial charge >= 0.3 is 0 Å². The van der Waals surface area contributed by atoms with E-state index < -0.39 is 34.3 Å². The van der Waals surface area contributed by atoms with E-state index in [0.29, 0.717) is 17.2 Å². The molecule has 1 N–H and O–H groups in total. The number of aromatic nitrogens is 1. The highest BCUT2D eigenvalue weighted by Crippen LogP contribution is 2.37. The van der Waals surface area contributed by atoms with E-state index in [1.807, 2.05) is 6.07 Å². The molecule has 1 heterocycles. The van der Waals surface area contributed by atoms with Gasteiger partial charge < -0.3 is 9.26 Å². The first kappa shape index (κ1) is 20.7. The highest BCUT2D eigenvalue weighted by Gasteiger charge is 2.42. The maximum Gasteiger partial charge on any atom is 0.248 e. The largest absolute Gasteiger partial charge is 0.493 e. The molecule has 6 nitrogen and oxygen atoms in total. The molecule has 1 aromatic heterocycles. The number of aryl methyl sites for hydroxylation is 1. The van der Waals surface area contributed by atoms with Crippen molar-refractivity contribution in [2.75, 3.05) is 12.4 Å². The number of sulfonamides is 1. The highest BCUT2D eigenvalue weighted by molar-refractivity contribution is 7.89. The van der Waals surface area contributed by atoms with Gasteiger partial charge in [0.25, 0.3) is 0 Å². The summed E-state index contributed by atoms with van der Waals surface area (Å²) in [7, 11) is -3.47. The third-order valence-corrected chi connectivity index (χ3v) is 6.33. The van der Waals surface area contributed by atoms with Crippen LogP contribution in [0.4, 0.5) is 8.78 Å². The standard InChI is InChI=1S/C19H24F2N2O4S/c1-3-28(24,25)23-17-8-9-19(20,21)11-15(17)12-26-16-6-4-14(5-7-16)18-10-13(2)27-22-18/h4-7,10,15,17,23H,3,8-9,11-12H2,1-2H3/t15-,17-/m0/s1. The fraction of sp³-hybridized carbons (Fsp3) is 0.526. The number of nitrogens with zero attached hydrogens (tertiary/aromatic N) is 1. The number of halogens is 2. The van der Waals surface area contributed by atoms with Crippen LogP contribution in [0.5, 0.6) is 5.75 Å². The maximum atomic E-state index is 13.9. The van der Waals surface area contributed by atoms with E-state index in [1.165, 1.54) is 6.92 Å². The van der Waals surface area contributed by atoms with Gasteiger partial charge in [0.15, 0.2) is 0 Å². The molecule has 2 aromatic rings. The van der Waals surface area contributed by atoms with Crippen LogP contribution in [0.1, 0.15) is 31.9 Å². The molecule has 0 bridgehead atoms. The number of alkyl halides is 2. The van der Waals surface area contributed by atoms with Gasteiger partial charge in [0, 0.05) is 36.4 Å². The minimum absolute atomic E-state index is 0.00884. The first-order valence-corrected chi connectivity index (χ1v) is 10.9. The van der Waals surface area contributed by atoms with Gasteiger partial charge in [-0.15, -0.1) is 0 Å². The Morgan fingerprint density at radius 2 is 2.04 bits per heavy atom. The van der Waals surface area contributed by atoms with Crippen molar-refractivity contribution in [1.29, 1.82) is 0 Å². The number of rotatable bonds is 7. The molecule has 1 aromatic carbocycles.